The van der Waals surface area contributed by atoms with E-state index in [-0.39, 0.29) is 22.2 Å². The van der Waals surface area contributed by atoms with Crippen molar-refractivity contribution in [2.24, 2.45) is 0 Å². The molecule has 7 heteroatoms. The van der Waals surface area contributed by atoms with Crippen LogP contribution < -0.4 is 10.1 Å². The fourth-order valence-electron chi connectivity index (χ4n) is 1.68. The lowest BCUT2D eigenvalue weighted by atomic mass is 10.3. The molecule has 0 aliphatic heterocycles. The van der Waals surface area contributed by atoms with E-state index >= 15 is 0 Å². The SMILES string of the molecule is CS(=O)(=O)c1ccc(Cl)c(NC(=O)COc2ccccc2)c1. The average molecular weight is 340 g/mol. The average Bonchev–Trinajstić information content (AvgIpc) is 2.47. The van der Waals surface area contributed by atoms with E-state index in [4.69, 9.17) is 16.3 Å². The van der Waals surface area contributed by atoms with Gasteiger partial charge in [0.05, 0.1) is 15.6 Å². The topological polar surface area (TPSA) is 72.5 Å². The second-order valence-corrected chi connectivity index (χ2v) is 6.99. The van der Waals surface area contributed by atoms with Crippen LogP contribution in [-0.2, 0) is 14.6 Å². The normalized spacial score (nSPS) is 11.0. The smallest absolute Gasteiger partial charge is 0.262 e. The number of halogens is 1. The van der Waals surface area contributed by atoms with E-state index in [0.29, 0.717) is 5.75 Å². The Morgan fingerprint density at radius 2 is 1.86 bits per heavy atom. The summed E-state index contributed by atoms with van der Waals surface area (Å²) in [5.74, 6) is 0.130. The zero-order chi connectivity index (χ0) is 16.2. The number of hydrogen-bond acceptors (Lipinski definition) is 4. The maximum Gasteiger partial charge on any atom is 0.262 e. The number of hydrogen-bond donors (Lipinski definition) is 1. The van der Waals surface area contributed by atoms with Crippen molar-refractivity contribution in [1.82, 2.24) is 0 Å². The number of sulfone groups is 1. The maximum absolute atomic E-state index is 11.9. The Morgan fingerprint density at radius 3 is 2.50 bits per heavy atom. The maximum atomic E-state index is 11.9. The number of ether oxygens (including phenoxy) is 1. The molecule has 0 bridgehead atoms. The van der Waals surface area contributed by atoms with Gasteiger partial charge in [-0.1, -0.05) is 29.8 Å². The second-order valence-electron chi connectivity index (χ2n) is 4.56. The highest BCUT2D eigenvalue weighted by molar-refractivity contribution is 7.90. The van der Waals surface area contributed by atoms with Gasteiger partial charge in [0.1, 0.15) is 5.75 Å². The van der Waals surface area contributed by atoms with E-state index in [2.05, 4.69) is 5.32 Å². The van der Waals surface area contributed by atoms with Gasteiger partial charge in [0.2, 0.25) is 0 Å². The quantitative estimate of drug-likeness (QED) is 0.909. The predicted octanol–water partition coefficient (Wildman–Crippen LogP) is 2.76. The molecule has 0 fully saturated rings. The van der Waals surface area contributed by atoms with Crippen molar-refractivity contribution in [3.63, 3.8) is 0 Å². The predicted molar refractivity (Wildman–Crippen MR) is 85.1 cm³/mol. The first-order chi connectivity index (χ1) is 10.4. The molecule has 0 aliphatic rings. The van der Waals surface area contributed by atoms with E-state index in [9.17, 15) is 13.2 Å². The van der Waals surface area contributed by atoms with Crippen LogP contribution in [0.5, 0.6) is 5.75 Å². The molecule has 0 aliphatic carbocycles. The first kappa shape index (κ1) is 16.3. The Balaban J connectivity index is 2.05. The van der Waals surface area contributed by atoms with E-state index < -0.39 is 15.7 Å². The zero-order valence-corrected chi connectivity index (χ0v) is 13.3. The molecule has 2 aromatic rings. The molecule has 116 valence electrons. The third-order valence-electron chi connectivity index (χ3n) is 2.75. The van der Waals surface area contributed by atoms with Crippen LogP contribution in [0.3, 0.4) is 0 Å². The standard InChI is InChI=1S/C15H14ClNO4S/c1-22(19,20)12-7-8-13(16)14(9-12)17-15(18)10-21-11-5-3-2-4-6-11/h2-9H,10H2,1H3,(H,17,18). The van der Waals surface area contributed by atoms with Crippen LogP contribution in [0.4, 0.5) is 5.69 Å². The summed E-state index contributed by atoms with van der Waals surface area (Å²) in [5.41, 5.74) is 0.228. The fraction of sp³-hybridized carbons (Fsp3) is 0.133. The number of nitrogens with one attached hydrogen (secondary N) is 1. The lowest BCUT2D eigenvalue weighted by molar-refractivity contribution is -0.118. The number of anilines is 1. The molecule has 1 N–H and O–H groups in total. The lowest BCUT2D eigenvalue weighted by Crippen LogP contribution is -2.20. The Hall–Kier alpha value is -2.05. The molecule has 2 aromatic carbocycles. The highest BCUT2D eigenvalue weighted by atomic mass is 35.5. The van der Waals surface area contributed by atoms with Crippen molar-refractivity contribution >= 4 is 33.0 Å². The summed E-state index contributed by atoms with van der Waals surface area (Å²) in [5, 5.41) is 2.78. The molecule has 0 spiro atoms. The molecule has 0 radical (unpaired) electrons. The highest BCUT2D eigenvalue weighted by Gasteiger charge is 2.12. The monoisotopic (exact) mass is 339 g/mol. The summed E-state index contributed by atoms with van der Waals surface area (Å²) in [6.45, 7) is -0.205. The summed E-state index contributed by atoms with van der Waals surface area (Å²) in [6, 6.07) is 13.0. The third kappa shape index (κ3) is 4.47. The molecule has 22 heavy (non-hydrogen) atoms. The molecule has 0 saturated heterocycles. The molecular weight excluding hydrogens is 326 g/mol. The van der Waals surface area contributed by atoms with Gasteiger partial charge in [-0.2, -0.15) is 0 Å². The van der Waals surface area contributed by atoms with Crippen molar-refractivity contribution < 1.29 is 17.9 Å². The Labute approximate surface area is 133 Å². The molecule has 5 nitrogen and oxygen atoms in total. The summed E-state index contributed by atoms with van der Waals surface area (Å²) >= 11 is 5.96. The van der Waals surface area contributed by atoms with Crippen LogP contribution in [0, 0.1) is 0 Å². The minimum atomic E-state index is -3.37. The molecule has 2 rings (SSSR count). The van der Waals surface area contributed by atoms with Crippen molar-refractivity contribution in [2.75, 3.05) is 18.2 Å². The number of carbonyl (C=O) groups is 1. The Bertz CT molecular complexity index is 775. The van der Waals surface area contributed by atoms with Crippen molar-refractivity contribution in [1.29, 1.82) is 0 Å². The number of carbonyl (C=O) groups excluding carboxylic acids is 1. The summed E-state index contributed by atoms with van der Waals surface area (Å²) < 4.78 is 28.3. The summed E-state index contributed by atoms with van der Waals surface area (Å²) in [7, 11) is -3.37. The molecule has 0 heterocycles. The molecular formula is C15H14ClNO4S. The van der Waals surface area contributed by atoms with Crippen LogP contribution in [0.2, 0.25) is 5.02 Å². The Kier molecular flexibility index (Phi) is 5.05. The van der Waals surface area contributed by atoms with Crippen molar-refractivity contribution in [3.05, 3.63) is 53.6 Å². The van der Waals surface area contributed by atoms with Crippen LogP contribution in [0.25, 0.3) is 0 Å². The number of rotatable bonds is 5. The van der Waals surface area contributed by atoms with E-state index in [1.807, 2.05) is 6.07 Å². The number of benzene rings is 2. The van der Waals surface area contributed by atoms with Gasteiger partial charge in [0.25, 0.3) is 5.91 Å². The van der Waals surface area contributed by atoms with Crippen LogP contribution in [0.1, 0.15) is 0 Å². The lowest BCUT2D eigenvalue weighted by Gasteiger charge is -2.10. The minimum Gasteiger partial charge on any atom is -0.484 e. The van der Waals surface area contributed by atoms with Gasteiger partial charge >= 0.3 is 0 Å². The van der Waals surface area contributed by atoms with Crippen LogP contribution >= 0.6 is 11.6 Å². The van der Waals surface area contributed by atoms with Crippen molar-refractivity contribution in [2.45, 2.75) is 4.90 Å². The van der Waals surface area contributed by atoms with Gasteiger partial charge in [-0.05, 0) is 30.3 Å². The molecule has 0 atom stereocenters. The number of para-hydroxylation sites is 1. The van der Waals surface area contributed by atoms with Gasteiger partial charge < -0.3 is 10.1 Å². The molecule has 1 amide bonds. The first-order valence-electron chi connectivity index (χ1n) is 6.33. The van der Waals surface area contributed by atoms with Crippen LogP contribution in [-0.4, -0.2) is 27.2 Å². The zero-order valence-electron chi connectivity index (χ0n) is 11.7. The largest absolute Gasteiger partial charge is 0.484 e. The third-order valence-corrected chi connectivity index (χ3v) is 4.19. The van der Waals surface area contributed by atoms with Gasteiger partial charge in [-0.25, -0.2) is 8.42 Å². The highest BCUT2D eigenvalue weighted by Crippen LogP contribution is 2.25. The Morgan fingerprint density at radius 1 is 1.18 bits per heavy atom. The summed E-state index contributed by atoms with van der Waals surface area (Å²) in [4.78, 5) is 11.9. The van der Waals surface area contributed by atoms with Gasteiger partial charge in [0.15, 0.2) is 16.4 Å². The van der Waals surface area contributed by atoms with Crippen molar-refractivity contribution in [3.8, 4) is 5.75 Å². The van der Waals surface area contributed by atoms with E-state index in [1.165, 1.54) is 18.2 Å². The number of amides is 1. The molecule has 0 unspecified atom stereocenters. The first-order valence-corrected chi connectivity index (χ1v) is 8.60. The summed E-state index contributed by atoms with van der Waals surface area (Å²) in [6.07, 6.45) is 1.08. The molecule has 0 aromatic heterocycles. The fourth-order valence-corrected chi connectivity index (χ4v) is 2.49. The van der Waals surface area contributed by atoms with Crippen LogP contribution in [0.15, 0.2) is 53.4 Å². The minimum absolute atomic E-state index is 0.0798. The van der Waals surface area contributed by atoms with E-state index in [1.54, 1.807) is 24.3 Å². The van der Waals surface area contributed by atoms with Gasteiger partial charge in [0, 0.05) is 6.26 Å². The van der Waals surface area contributed by atoms with Gasteiger partial charge in [-0.15, -0.1) is 0 Å². The second kappa shape index (κ2) is 6.81. The molecule has 0 saturated carbocycles. The van der Waals surface area contributed by atoms with E-state index in [0.717, 1.165) is 6.26 Å². The van der Waals surface area contributed by atoms with Gasteiger partial charge in [-0.3, -0.25) is 4.79 Å².